The number of fused-ring (bicyclic) bond motifs is 4. The van der Waals surface area contributed by atoms with Crippen molar-refractivity contribution in [2.75, 3.05) is 6.61 Å². The van der Waals surface area contributed by atoms with Gasteiger partial charge in [-0.25, -0.2) is 0 Å². The van der Waals surface area contributed by atoms with Crippen LogP contribution in [0.1, 0.15) is 91.4 Å². The average Bonchev–Trinajstić information content (AvgIpc) is 3.13. The Balaban J connectivity index is 1.72. The third-order valence-electron chi connectivity index (χ3n) is 9.79. The maximum absolute atomic E-state index is 12.6. The van der Waals surface area contributed by atoms with E-state index in [0.29, 0.717) is 24.2 Å². The molecule has 0 spiro atoms. The predicted octanol–water partition coefficient (Wildman–Crippen LogP) is 4.46. The van der Waals surface area contributed by atoms with Gasteiger partial charge in [-0.1, -0.05) is 33.6 Å². The Morgan fingerprint density at radius 2 is 1.89 bits per heavy atom. The van der Waals surface area contributed by atoms with Crippen molar-refractivity contribution in [2.24, 2.45) is 34.5 Å². The van der Waals surface area contributed by atoms with Crippen LogP contribution >= 0.6 is 0 Å². The molecule has 0 aromatic rings. The molecule has 2 N–H and O–H groups in total. The van der Waals surface area contributed by atoms with Gasteiger partial charge in [-0.3, -0.25) is 4.79 Å². The summed E-state index contributed by atoms with van der Waals surface area (Å²) in [7, 11) is 0. The van der Waals surface area contributed by atoms with Crippen LogP contribution in [0.2, 0.25) is 0 Å². The Morgan fingerprint density at radius 1 is 1.11 bits per heavy atom. The maximum atomic E-state index is 12.6. The summed E-state index contributed by atoms with van der Waals surface area (Å²) in [6, 6.07) is 0. The quantitative estimate of drug-likeness (QED) is 0.517. The lowest BCUT2D eigenvalue weighted by molar-refractivity contribution is -0.191. The van der Waals surface area contributed by atoms with Crippen LogP contribution in [0, 0.1) is 34.5 Å². The van der Waals surface area contributed by atoms with Crippen molar-refractivity contribution in [3.63, 3.8) is 0 Å². The molecule has 28 heavy (non-hydrogen) atoms. The molecule has 3 aliphatic carbocycles. The number of carbonyl (C=O) groups excluding carboxylic acids is 1. The lowest BCUT2D eigenvalue weighted by Gasteiger charge is -2.62. The number of ether oxygens (including phenoxy) is 1. The van der Waals surface area contributed by atoms with E-state index in [4.69, 9.17) is 4.74 Å². The van der Waals surface area contributed by atoms with Gasteiger partial charge in [0, 0.05) is 12.5 Å². The van der Waals surface area contributed by atoms with Crippen LogP contribution in [0.4, 0.5) is 0 Å². The molecular formula is C24H40O4. The largest absolute Gasteiger partial charge is 0.459 e. The molecule has 4 heteroatoms. The molecule has 4 rings (SSSR count). The van der Waals surface area contributed by atoms with Gasteiger partial charge < -0.3 is 14.9 Å². The molecule has 8 atom stereocenters. The number of aliphatic hydroxyl groups is 2. The fraction of sp³-hybridized carbons (Fsp3) is 0.958. The Kier molecular flexibility index (Phi) is 5.36. The Bertz CT molecular complexity index is 605. The van der Waals surface area contributed by atoms with Gasteiger partial charge in [0.2, 0.25) is 0 Å². The standard InChI is InChI=1S/C24H40O4/c1-4-5-6-10-24-15-16-17-7-8-20(26)23(17,3)11-9-18(16)22(2,12-13-25)19(24)14-21(27)28-24/h16-20,25-26H,4-15H2,1-3H3/t16-,17-,18-,19-,20-,22+,23-,24+/m0/s1. The molecule has 4 fully saturated rings. The van der Waals surface area contributed by atoms with Crippen LogP contribution in [0.5, 0.6) is 0 Å². The van der Waals surface area contributed by atoms with Crippen molar-refractivity contribution in [1.82, 2.24) is 0 Å². The van der Waals surface area contributed by atoms with Crippen molar-refractivity contribution >= 4 is 5.97 Å². The minimum absolute atomic E-state index is 0.0152. The number of carbonyl (C=O) groups is 1. The first-order valence-electron chi connectivity index (χ1n) is 11.8. The van der Waals surface area contributed by atoms with Crippen molar-refractivity contribution in [2.45, 2.75) is 103 Å². The molecule has 0 bridgehead atoms. The number of aliphatic hydroxyl groups excluding tert-OH is 2. The molecule has 4 aliphatic rings. The maximum Gasteiger partial charge on any atom is 0.306 e. The van der Waals surface area contributed by atoms with E-state index in [-0.39, 0.29) is 41.0 Å². The van der Waals surface area contributed by atoms with Crippen LogP contribution in [-0.4, -0.2) is 34.5 Å². The van der Waals surface area contributed by atoms with Crippen LogP contribution in [0.25, 0.3) is 0 Å². The molecular weight excluding hydrogens is 352 g/mol. The third-order valence-corrected chi connectivity index (χ3v) is 9.79. The molecule has 1 heterocycles. The minimum atomic E-state index is -0.344. The number of esters is 1. The van der Waals surface area contributed by atoms with Crippen LogP contribution in [0.3, 0.4) is 0 Å². The summed E-state index contributed by atoms with van der Waals surface area (Å²) in [6.45, 7) is 7.04. The molecule has 4 nitrogen and oxygen atoms in total. The highest BCUT2D eigenvalue weighted by molar-refractivity contribution is 5.73. The van der Waals surface area contributed by atoms with Crippen LogP contribution in [-0.2, 0) is 9.53 Å². The normalized spacial score (nSPS) is 50.0. The zero-order valence-electron chi connectivity index (χ0n) is 18.1. The van der Waals surface area contributed by atoms with E-state index in [9.17, 15) is 15.0 Å². The third kappa shape index (κ3) is 2.88. The summed E-state index contributed by atoms with van der Waals surface area (Å²) in [4.78, 5) is 12.6. The summed E-state index contributed by atoms with van der Waals surface area (Å²) in [5, 5.41) is 20.7. The topological polar surface area (TPSA) is 66.8 Å². The van der Waals surface area contributed by atoms with E-state index in [1.165, 1.54) is 12.8 Å². The molecule has 0 aromatic carbocycles. The van der Waals surface area contributed by atoms with Gasteiger partial charge in [-0.05, 0) is 80.0 Å². The first kappa shape index (κ1) is 20.7. The van der Waals surface area contributed by atoms with E-state index < -0.39 is 0 Å². The first-order chi connectivity index (χ1) is 13.3. The van der Waals surface area contributed by atoms with Gasteiger partial charge in [0.25, 0.3) is 0 Å². The van der Waals surface area contributed by atoms with Crippen LogP contribution in [0.15, 0.2) is 0 Å². The molecule has 0 aromatic heterocycles. The fourth-order valence-electron chi connectivity index (χ4n) is 8.33. The summed E-state index contributed by atoms with van der Waals surface area (Å²) >= 11 is 0. The van der Waals surface area contributed by atoms with Gasteiger partial charge in [0.05, 0.1) is 12.5 Å². The molecule has 0 unspecified atom stereocenters. The number of unbranched alkanes of at least 4 members (excludes halogenated alkanes) is 2. The minimum Gasteiger partial charge on any atom is -0.459 e. The smallest absolute Gasteiger partial charge is 0.306 e. The first-order valence-corrected chi connectivity index (χ1v) is 11.8. The summed E-state index contributed by atoms with van der Waals surface area (Å²) in [5.74, 6) is 1.74. The highest BCUT2D eigenvalue weighted by Gasteiger charge is 2.67. The zero-order chi connectivity index (χ0) is 20.2. The molecule has 160 valence electrons. The van der Waals surface area contributed by atoms with Crippen molar-refractivity contribution in [1.29, 1.82) is 0 Å². The Morgan fingerprint density at radius 3 is 2.61 bits per heavy atom. The van der Waals surface area contributed by atoms with E-state index in [1.807, 2.05) is 0 Å². The van der Waals surface area contributed by atoms with E-state index >= 15 is 0 Å². The SMILES string of the molecule is CCCCC[C@@]12C[C@@H]3[C@H](CC[C@]4(C)[C@@H](O)CC[C@@H]34)[C@@](C)(CCO)[C@@H]1CC(=O)O2. The second kappa shape index (κ2) is 7.27. The Labute approximate surface area is 170 Å². The highest BCUT2D eigenvalue weighted by atomic mass is 16.6. The fourth-order valence-corrected chi connectivity index (χ4v) is 8.33. The number of hydrogen-bond donors (Lipinski definition) is 2. The predicted molar refractivity (Wildman–Crippen MR) is 109 cm³/mol. The van der Waals surface area contributed by atoms with Crippen LogP contribution < -0.4 is 0 Å². The highest BCUT2D eigenvalue weighted by Crippen LogP contribution is 2.69. The van der Waals surface area contributed by atoms with E-state index in [2.05, 4.69) is 20.8 Å². The second-order valence-electron chi connectivity index (χ2n) is 11.0. The molecule has 1 saturated heterocycles. The van der Waals surface area contributed by atoms with Crippen molar-refractivity contribution < 1.29 is 19.7 Å². The van der Waals surface area contributed by atoms with Gasteiger partial charge in [-0.15, -0.1) is 0 Å². The lowest BCUT2D eigenvalue weighted by atomic mass is 9.43. The van der Waals surface area contributed by atoms with Gasteiger partial charge in [0.15, 0.2) is 0 Å². The molecule has 0 radical (unpaired) electrons. The monoisotopic (exact) mass is 392 g/mol. The zero-order valence-corrected chi connectivity index (χ0v) is 18.1. The molecule has 0 amide bonds. The van der Waals surface area contributed by atoms with E-state index in [1.54, 1.807) is 0 Å². The summed E-state index contributed by atoms with van der Waals surface area (Å²) < 4.78 is 6.22. The number of hydrogen-bond acceptors (Lipinski definition) is 4. The van der Waals surface area contributed by atoms with Crippen molar-refractivity contribution in [3.05, 3.63) is 0 Å². The van der Waals surface area contributed by atoms with E-state index in [0.717, 1.165) is 51.4 Å². The van der Waals surface area contributed by atoms with Gasteiger partial charge in [0.1, 0.15) is 5.60 Å². The van der Waals surface area contributed by atoms with Crippen molar-refractivity contribution in [3.8, 4) is 0 Å². The van der Waals surface area contributed by atoms with Gasteiger partial charge >= 0.3 is 5.97 Å². The molecule has 1 aliphatic heterocycles. The summed E-state index contributed by atoms with van der Waals surface area (Å²) in [5.41, 5.74) is -0.380. The number of rotatable bonds is 6. The van der Waals surface area contributed by atoms with Gasteiger partial charge in [-0.2, -0.15) is 0 Å². The second-order valence-corrected chi connectivity index (χ2v) is 11.0. The average molecular weight is 393 g/mol. The Hall–Kier alpha value is -0.610. The molecule has 3 saturated carbocycles. The summed E-state index contributed by atoms with van der Waals surface area (Å²) in [6.07, 6.45) is 10.7. The lowest BCUT2D eigenvalue weighted by Crippen LogP contribution is -2.60.